The minimum absolute atomic E-state index is 0.367. The number of alkyl halides is 1. The zero-order chi connectivity index (χ0) is 8.16. The van der Waals surface area contributed by atoms with Crippen molar-refractivity contribution < 1.29 is 9.47 Å². The zero-order valence-electron chi connectivity index (χ0n) is 6.51. The first kappa shape index (κ1) is 9.23. The molecule has 0 aromatic rings. The van der Waals surface area contributed by atoms with Crippen LogP contribution in [0.15, 0.2) is 12.7 Å². The molecule has 1 aliphatic rings. The molecule has 0 aromatic heterocycles. The van der Waals surface area contributed by atoms with Crippen LogP contribution in [0.5, 0.6) is 0 Å². The van der Waals surface area contributed by atoms with E-state index in [4.69, 9.17) is 9.47 Å². The molecule has 0 aliphatic carbocycles. The number of hydrogen-bond acceptors (Lipinski definition) is 2. The van der Waals surface area contributed by atoms with Gasteiger partial charge in [0.1, 0.15) is 0 Å². The second-order valence-electron chi connectivity index (χ2n) is 2.60. The first-order chi connectivity index (χ1) is 5.33. The van der Waals surface area contributed by atoms with E-state index in [0.717, 1.165) is 24.8 Å². The highest BCUT2D eigenvalue weighted by atomic mass is 79.9. The maximum Gasteiger partial charge on any atom is 0.178 e. The third-order valence-corrected chi connectivity index (χ3v) is 2.59. The van der Waals surface area contributed by atoms with E-state index in [-0.39, 0.29) is 5.79 Å². The summed E-state index contributed by atoms with van der Waals surface area (Å²) in [5.74, 6) is -0.367. The monoisotopic (exact) mass is 220 g/mol. The predicted octanol–water partition coefficient (Wildman–Crippen LogP) is 2.09. The molecular formula is C8H13BrO2. The summed E-state index contributed by atoms with van der Waals surface area (Å²) in [4.78, 5) is 0. The molecule has 0 N–H and O–H groups in total. The smallest absolute Gasteiger partial charge is 0.178 e. The Hall–Kier alpha value is 0.140. The number of halogens is 1. The second kappa shape index (κ2) is 4.24. The van der Waals surface area contributed by atoms with E-state index >= 15 is 0 Å². The molecule has 0 saturated carbocycles. The molecule has 1 aliphatic heterocycles. The first-order valence-electron chi connectivity index (χ1n) is 3.78. The van der Waals surface area contributed by atoms with E-state index in [1.807, 2.05) is 0 Å². The van der Waals surface area contributed by atoms with Crippen LogP contribution in [0.1, 0.15) is 12.8 Å². The van der Waals surface area contributed by atoms with Gasteiger partial charge in [-0.1, -0.05) is 22.0 Å². The van der Waals surface area contributed by atoms with Gasteiger partial charge < -0.3 is 9.47 Å². The van der Waals surface area contributed by atoms with Gasteiger partial charge in [-0.25, -0.2) is 0 Å². The fourth-order valence-corrected chi connectivity index (χ4v) is 1.74. The Bertz CT molecular complexity index is 130. The van der Waals surface area contributed by atoms with Crippen molar-refractivity contribution in [1.82, 2.24) is 0 Å². The van der Waals surface area contributed by atoms with Crippen molar-refractivity contribution in [2.24, 2.45) is 0 Å². The summed E-state index contributed by atoms with van der Waals surface area (Å²) in [5, 5.41) is 0.744. The van der Waals surface area contributed by atoms with Crippen molar-refractivity contribution >= 4 is 15.9 Å². The standard InChI is InChI=1S/C8H13BrO2/c1-2-5-10-8(7-9)4-3-6-11-8/h2H,1,3-7H2/t8-/m0/s1. The lowest BCUT2D eigenvalue weighted by Crippen LogP contribution is -2.33. The van der Waals surface area contributed by atoms with E-state index in [1.54, 1.807) is 6.08 Å². The minimum Gasteiger partial charge on any atom is -0.349 e. The van der Waals surface area contributed by atoms with Crippen LogP contribution in [0.25, 0.3) is 0 Å². The molecule has 1 atom stereocenters. The van der Waals surface area contributed by atoms with Gasteiger partial charge in [0.05, 0.1) is 18.5 Å². The SMILES string of the molecule is C=CCO[C@@]1(CBr)CCCO1. The average Bonchev–Trinajstić information content (AvgIpc) is 2.50. The Morgan fingerprint density at radius 2 is 2.55 bits per heavy atom. The molecule has 0 amide bonds. The molecule has 1 heterocycles. The summed E-state index contributed by atoms with van der Waals surface area (Å²) < 4.78 is 11.0. The summed E-state index contributed by atoms with van der Waals surface area (Å²) in [5.41, 5.74) is 0. The molecule has 11 heavy (non-hydrogen) atoms. The number of hydrogen-bond donors (Lipinski definition) is 0. The molecule has 1 saturated heterocycles. The molecular weight excluding hydrogens is 208 g/mol. The van der Waals surface area contributed by atoms with Gasteiger partial charge in [0.2, 0.25) is 0 Å². The largest absolute Gasteiger partial charge is 0.349 e. The van der Waals surface area contributed by atoms with E-state index in [2.05, 4.69) is 22.5 Å². The first-order valence-corrected chi connectivity index (χ1v) is 4.90. The van der Waals surface area contributed by atoms with Crippen molar-refractivity contribution in [3.05, 3.63) is 12.7 Å². The molecule has 2 nitrogen and oxygen atoms in total. The fourth-order valence-electron chi connectivity index (χ4n) is 1.14. The van der Waals surface area contributed by atoms with Gasteiger partial charge in [-0.15, -0.1) is 6.58 Å². The highest BCUT2D eigenvalue weighted by Gasteiger charge is 2.34. The Morgan fingerprint density at radius 3 is 3.00 bits per heavy atom. The topological polar surface area (TPSA) is 18.5 Å². The number of rotatable bonds is 4. The Morgan fingerprint density at radius 1 is 1.73 bits per heavy atom. The molecule has 0 bridgehead atoms. The third kappa shape index (κ3) is 2.29. The third-order valence-electron chi connectivity index (χ3n) is 1.73. The Kier molecular flexibility index (Phi) is 3.55. The summed E-state index contributed by atoms with van der Waals surface area (Å²) >= 11 is 3.38. The van der Waals surface area contributed by atoms with E-state index in [9.17, 15) is 0 Å². The highest BCUT2D eigenvalue weighted by molar-refractivity contribution is 9.09. The van der Waals surface area contributed by atoms with Crippen LogP contribution in [-0.4, -0.2) is 24.3 Å². The summed E-state index contributed by atoms with van der Waals surface area (Å²) in [6.45, 7) is 4.96. The van der Waals surface area contributed by atoms with Crippen molar-refractivity contribution in [2.75, 3.05) is 18.5 Å². The lowest BCUT2D eigenvalue weighted by Gasteiger charge is -2.25. The molecule has 3 heteroatoms. The van der Waals surface area contributed by atoms with Crippen molar-refractivity contribution in [1.29, 1.82) is 0 Å². The number of ether oxygens (including phenoxy) is 2. The highest BCUT2D eigenvalue weighted by Crippen LogP contribution is 2.28. The van der Waals surface area contributed by atoms with Crippen LogP contribution in [0, 0.1) is 0 Å². The summed E-state index contributed by atoms with van der Waals surface area (Å²) in [6.07, 6.45) is 3.81. The maximum absolute atomic E-state index is 5.50. The van der Waals surface area contributed by atoms with Crippen molar-refractivity contribution in [3.63, 3.8) is 0 Å². The summed E-state index contributed by atoms with van der Waals surface area (Å²) in [6, 6.07) is 0. The van der Waals surface area contributed by atoms with Crippen molar-refractivity contribution in [2.45, 2.75) is 18.6 Å². The van der Waals surface area contributed by atoms with Crippen LogP contribution >= 0.6 is 15.9 Å². The van der Waals surface area contributed by atoms with E-state index in [1.165, 1.54) is 0 Å². The predicted molar refractivity (Wildman–Crippen MR) is 47.9 cm³/mol. The lowest BCUT2D eigenvalue weighted by atomic mass is 10.2. The molecule has 1 fully saturated rings. The van der Waals surface area contributed by atoms with E-state index in [0.29, 0.717) is 6.61 Å². The van der Waals surface area contributed by atoms with Crippen LogP contribution in [0.2, 0.25) is 0 Å². The van der Waals surface area contributed by atoms with Gasteiger partial charge in [0, 0.05) is 6.42 Å². The van der Waals surface area contributed by atoms with Crippen LogP contribution in [-0.2, 0) is 9.47 Å². The Labute approximate surface area is 75.7 Å². The van der Waals surface area contributed by atoms with Crippen LogP contribution in [0.3, 0.4) is 0 Å². The zero-order valence-corrected chi connectivity index (χ0v) is 8.10. The quantitative estimate of drug-likeness (QED) is 0.534. The van der Waals surface area contributed by atoms with Gasteiger partial charge in [0.15, 0.2) is 5.79 Å². The van der Waals surface area contributed by atoms with Gasteiger partial charge in [-0.2, -0.15) is 0 Å². The van der Waals surface area contributed by atoms with Gasteiger partial charge in [-0.3, -0.25) is 0 Å². The normalized spacial score (nSPS) is 30.6. The Balaban J connectivity index is 2.38. The molecule has 64 valence electrons. The average molecular weight is 221 g/mol. The summed E-state index contributed by atoms with van der Waals surface area (Å²) in [7, 11) is 0. The molecule has 0 spiro atoms. The molecule has 1 rings (SSSR count). The van der Waals surface area contributed by atoms with Gasteiger partial charge in [-0.05, 0) is 6.42 Å². The second-order valence-corrected chi connectivity index (χ2v) is 3.16. The maximum atomic E-state index is 5.50. The lowest BCUT2D eigenvalue weighted by molar-refractivity contribution is -0.185. The van der Waals surface area contributed by atoms with Crippen LogP contribution < -0.4 is 0 Å². The van der Waals surface area contributed by atoms with Gasteiger partial charge in [0.25, 0.3) is 0 Å². The van der Waals surface area contributed by atoms with Crippen molar-refractivity contribution in [3.8, 4) is 0 Å². The van der Waals surface area contributed by atoms with E-state index < -0.39 is 0 Å². The molecule has 0 aromatic carbocycles. The fraction of sp³-hybridized carbons (Fsp3) is 0.750. The molecule has 0 radical (unpaired) electrons. The van der Waals surface area contributed by atoms with Crippen LogP contribution in [0.4, 0.5) is 0 Å². The minimum atomic E-state index is -0.367. The molecule has 0 unspecified atom stereocenters. The van der Waals surface area contributed by atoms with Gasteiger partial charge >= 0.3 is 0 Å².